The van der Waals surface area contributed by atoms with Gasteiger partial charge in [-0.05, 0) is 52.0 Å². The molecule has 8 heteroatoms. The SMILES string of the molecule is CC(C)N1CCN(C(=O)[C@H]2CC[C@H](Oc3ccc(N4CCCC4=O)nn3)CC2)CC1. The first-order chi connectivity index (χ1) is 14.5. The van der Waals surface area contributed by atoms with Crippen molar-refractivity contribution in [2.75, 3.05) is 37.6 Å². The summed E-state index contributed by atoms with van der Waals surface area (Å²) in [4.78, 5) is 30.9. The van der Waals surface area contributed by atoms with Crippen LogP contribution in [0, 0.1) is 5.92 Å². The molecule has 1 aliphatic carbocycles. The maximum Gasteiger partial charge on any atom is 0.233 e. The van der Waals surface area contributed by atoms with Gasteiger partial charge in [0.15, 0.2) is 5.82 Å². The molecule has 3 aliphatic rings. The van der Waals surface area contributed by atoms with Gasteiger partial charge in [-0.3, -0.25) is 19.4 Å². The van der Waals surface area contributed by atoms with Gasteiger partial charge in [0.2, 0.25) is 17.7 Å². The van der Waals surface area contributed by atoms with Crippen LogP contribution in [0.3, 0.4) is 0 Å². The van der Waals surface area contributed by atoms with E-state index in [-0.39, 0.29) is 17.9 Å². The highest BCUT2D eigenvalue weighted by Crippen LogP contribution is 2.29. The minimum Gasteiger partial charge on any atom is -0.473 e. The molecular weight excluding hydrogens is 382 g/mol. The predicted molar refractivity (Wildman–Crippen MR) is 113 cm³/mol. The third-order valence-corrected chi connectivity index (χ3v) is 6.64. The number of carbonyl (C=O) groups excluding carboxylic acids is 2. The van der Waals surface area contributed by atoms with Crippen molar-refractivity contribution in [2.24, 2.45) is 5.92 Å². The second-order valence-electron chi connectivity index (χ2n) is 8.93. The molecule has 0 atom stereocenters. The Morgan fingerprint density at radius 1 is 1.03 bits per heavy atom. The molecule has 2 aliphatic heterocycles. The Morgan fingerprint density at radius 2 is 1.77 bits per heavy atom. The van der Waals surface area contributed by atoms with Crippen molar-refractivity contribution >= 4 is 17.6 Å². The van der Waals surface area contributed by atoms with Crippen molar-refractivity contribution in [1.29, 1.82) is 0 Å². The lowest BCUT2D eigenvalue weighted by Gasteiger charge is -2.39. The van der Waals surface area contributed by atoms with Crippen LogP contribution in [0.1, 0.15) is 52.4 Å². The van der Waals surface area contributed by atoms with E-state index in [2.05, 4.69) is 33.8 Å². The van der Waals surface area contributed by atoms with Crippen molar-refractivity contribution in [1.82, 2.24) is 20.0 Å². The van der Waals surface area contributed by atoms with Gasteiger partial charge in [-0.2, -0.15) is 0 Å². The van der Waals surface area contributed by atoms with E-state index in [1.54, 1.807) is 17.0 Å². The van der Waals surface area contributed by atoms with Gasteiger partial charge in [0.05, 0.1) is 0 Å². The second-order valence-corrected chi connectivity index (χ2v) is 8.93. The van der Waals surface area contributed by atoms with Crippen LogP contribution in [0.4, 0.5) is 5.82 Å². The van der Waals surface area contributed by atoms with Crippen LogP contribution in [0.5, 0.6) is 5.88 Å². The average Bonchev–Trinajstić information content (AvgIpc) is 3.20. The highest BCUT2D eigenvalue weighted by atomic mass is 16.5. The van der Waals surface area contributed by atoms with Gasteiger partial charge >= 0.3 is 0 Å². The van der Waals surface area contributed by atoms with E-state index in [1.165, 1.54) is 0 Å². The van der Waals surface area contributed by atoms with Crippen LogP contribution < -0.4 is 9.64 Å². The molecule has 30 heavy (non-hydrogen) atoms. The van der Waals surface area contributed by atoms with Crippen molar-refractivity contribution in [3.8, 4) is 5.88 Å². The Bertz CT molecular complexity index is 738. The highest BCUT2D eigenvalue weighted by Gasteiger charge is 2.32. The lowest BCUT2D eigenvalue weighted by molar-refractivity contribution is -0.139. The van der Waals surface area contributed by atoms with Crippen LogP contribution in [-0.2, 0) is 9.59 Å². The third-order valence-electron chi connectivity index (χ3n) is 6.64. The Morgan fingerprint density at radius 3 is 2.33 bits per heavy atom. The second kappa shape index (κ2) is 9.29. The number of ether oxygens (including phenoxy) is 1. The Labute approximate surface area is 178 Å². The van der Waals surface area contributed by atoms with Gasteiger partial charge in [-0.25, -0.2) is 0 Å². The highest BCUT2D eigenvalue weighted by molar-refractivity contribution is 5.94. The topological polar surface area (TPSA) is 78.9 Å². The first-order valence-electron chi connectivity index (χ1n) is 11.3. The summed E-state index contributed by atoms with van der Waals surface area (Å²) in [5.74, 6) is 1.62. The summed E-state index contributed by atoms with van der Waals surface area (Å²) in [6.45, 7) is 8.76. The Balaban J connectivity index is 1.23. The molecule has 1 aromatic heterocycles. The quantitative estimate of drug-likeness (QED) is 0.733. The van der Waals surface area contributed by atoms with Crippen LogP contribution in [-0.4, -0.2) is 76.7 Å². The van der Waals surface area contributed by atoms with Crippen molar-refractivity contribution in [3.05, 3.63) is 12.1 Å². The minimum atomic E-state index is 0.0698. The number of hydrogen-bond acceptors (Lipinski definition) is 6. The molecule has 0 spiro atoms. The van der Waals surface area contributed by atoms with Crippen molar-refractivity contribution in [2.45, 2.75) is 64.5 Å². The molecular formula is C22H33N5O3. The summed E-state index contributed by atoms with van der Waals surface area (Å²) in [5, 5.41) is 8.32. The maximum absolute atomic E-state index is 12.9. The van der Waals surface area contributed by atoms with E-state index in [1.807, 2.05) is 0 Å². The van der Waals surface area contributed by atoms with Gasteiger partial charge in [-0.1, -0.05) is 0 Å². The lowest BCUT2D eigenvalue weighted by atomic mass is 9.86. The zero-order valence-corrected chi connectivity index (χ0v) is 18.1. The van der Waals surface area contributed by atoms with Gasteiger partial charge in [0, 0.05) is 57.2 Å². The Hall–Kier alpha value is -2.22. The fourth-order valence-corrected chi connectivity index (χ4v) is 4.73. The monoisotopic (exact) mass is 415 g/mol. The molecule has 3 fully saturated rings. The van der Waals surface area contributed by atoms with Crippen LogP contribution >= 0.6 is 0 Å². The molecule has 3 heterocycles. The first kappa shape index (κ1) is 21.0. The number of nitrogens with zero attached hydrogens (tertiary/aromatic N) is 5. The molecule has 1 aromatic rings. The zero-order valence-electron chi connectivity index (χ0n) is 18.1. The largest absolute Gasteiger partial charge is 0.473 e. The first-order valence-corrected chi connectivity index (χ1v) is 11.3. The van der Waals surface area contributed by atoms with E-state index in [0.29, 0.717) is 36.6 Å². The third kappa shape index (κ3) is 4.74. The fraction of sp³-hybridized carbons (Fsp3) is 0.727. The number of hydrogen-bond donors (Lipinski definition) is 0. The summed E-state index contributed by atoms with van der Waals surface area (Å²) >= 11 is 0. The molecule has 8 nitrogen and oxygen atoms in total. The summed E-state index contributed by atoms with van der Waals surface area (Å²) in [6, 6.07) is 4.14. The van der Waals surface area contributed by atoms with Gasteiger partial charge < -0.3 is 9.64 Å². The zero-order chi connectivity index (χ0) is 21.1. The fourth-order valence-electron chi connectivity index (χ4n) is 4.73. The number of aromatic nitrogens is 2. The number of carbonyl (C=O) groups is 2. The van der Waals surface area contributed by atoms with Gasteiger partial charge in [-0.15, -0.1) is 10.2 Å². The van der Waals surface area contributed by atoms with E-state index in [4.69, 9.17) is 4.74 Å². The summed E-state index contributed by atoms with van der Waals surface area (Å²) in [7, 11) is 0. The smallest absolute Gasteiger partial charge is 0.233 e. The van der Waals surface area contributed by atoms with E-state index in [9.17, 15) is 9.59 Å². The predicted octanol–water partition coefficient (Wildman–Crippen LogP) is 2.09. The Kier molecular flexibility index (Phi) is 6.51. The van der Waals surface area contributed by atoms with Gasteiger partial charge in [0.1, 0.15) is 6.10 Å². The number of piperazine rings is 1. The summed E-state index contributed by atoms with van der Waals surface area (Å²) in [5.41, 5.74) is 0. The molecule has 0 aromatic carbocycles. The summed E-state index contributed by atoms with van der Waals surface area (Å²) < 4.78 is 6.01. The lowest BCUT2D eigenvalue weighted by Crippen LogP contribution is -2.52. The van der Waals surface area contributed by atoms with E-state index < -0.39 is 0 Å². The van der Waals surface area contributed by atoms with E-state index >= 15 is 0 Å². The maximum atomic E-state index is 12.9. The number of anilines is 1. The average molecular weight is 416 g/mol. The van der Waals surface area contributed by atoms with Crippen LogP contribution in [0.2, 0.25) is 0 Å². The molecule has 2 amide bonds. The molecule has 0 bridgehead atoms. The number of amides is 2. The summed E-state index contributed by atoms with van der Waals surface area (Å²) in [6.07, 6.45) is 4.96. The van der Waals surface area contributed by atoms with Gasteiger partial charge in [0.25, 0.3) is 0 Å². The normalized spacial score (nSPS) is 25.8. The molecule has 4 rings (SSSR count). The van der Waals surface area contributed by atoms with Crippen LogP contribution in [0.15, 0.2) is 12.1 Å². The number of rotatable bonds is 5. The molecule has 164 valence electrons. The molecule has 0 unspecified atom stereocenters. The van der Waals surface area contributed by atoms with Crippen LogP contribution in [0.25, 0.3) is 0 Å². The van der Waals surface area contributed by atoms with Crippen molar-refractivity contribution in [3.63, 3.8) is 0 Å². The standard InChI is InChI=1S/C22H33N5O3/c1-16(2)25-12-14-26(15-13-25)22(29)17-5-7-18(8-6-17)30-20-10-9-19(23-24-20)27-11-3-4-21(27)28/h9-10,16-18H,3-8,11-15H2,1-2H3/t17-,18-. The van der Waals surface area contributed by atoms with E-state index in [0.717, 1.165) is 58.3 Å². The van der Waals surface area contributed by atoms with Crippen molar-refractivity contribution < 1.29 is 14.3 Å². The molecule has 0 radical (unpaired) electrons. The minimum absolute atomic E-state index is 0.0698. The molecule has 0 N–H and O–H groups in total. The molecule has 2 saturated heterocycles. The molecule has 1 saturated carbocycles.